The number of carbonyl (C=O) groups excluding carboxylic acids is 3. The van der Waals surface area contributed by atoms with Gasteiger partial charge in [0.05, 0.1) is 11.4 Å². The second-order valence-electron chi connectivity index (χ2n) is 7.39. The lowest BCUT2D eigenvalue weighted by atomic mass is 10.1. The quantitative estimate of drug-likeness (QED) is 0.817. The molecule has 0 radical (unpaired) electrons. The topological polar surface area (TPSA) is 69.7 Å². The van der Waals surface area contributed by atoms with Gasteiger partial charge in [0.2, 0.25) is 17.7 Å². The molecule has 1 aliphatic carbocycles. The Bertz CT molecular complexity index is 958. The molecular weight excluding hydrogens is 373 g/mol. The molecule has 1 fully saturated rings. The summed E-state index contributed by atoms with van der Waals surface area (Å²) in [5, 5.41) is 2.74. The number of hydrogen-bond donors (Lipinski definition) is 1. The number of rotatable bonds is 6. The van der Waals surface area contributed by atoms with Gasteiger partial charge < -0.3 is 15.1 Å². The lowest BCUT2D eigenvalue weighted by Crippen LogP contribution is -2.42. The molecule has 1 N–H and O–H groups in total. The standard InChI is InChI=1S/C22H22FN3O3/c23-17-6-2-1-5-15(17)13-25(16-9-10-16)21(28)11-12-22(29)26-14-20(27)24-18-7-3-4-8-19(18)26/h1-8,16H,9-14H2,(H,24,27). The van der Waals surface area contributed by atoms with Crippen LogP contribution in [0.3, 0.4) is 0 Å². The zero-order valence-electron chi connectivity index (χ0n) is 15.9. The average Bonchev–Trinajstić information content (AvgIpc) is 3.55. The molecule has 0 saturated heterocycles. The predicted molar refractivity (Wildman–Crippen MR) is 107 cm³/mol. The third-order valence-electron chi connectivity index (χ3n) is 5.23. The molecule has 0 bridgehead atoms. The maximum atomic E-state index is 14.0. The fraction of sp³-hybridized carbons (Fsp3) is 0.318. The van der Waals surface area contributed by atoms with E-state index < -0.39 is 0 Å². The summed E-state index contributed by atoms with van der Waals surface area (Å²) in [5.41, 5.74) is 1.69. The molecule has 1 saturated carbocycles. The van der Waals surface area contributed by atoms with Gasteiger partial charge in [0, 0.05) is 31.0 Å². The van der Waals surface area contributed by atoms with Crippen LogP contribution in [0, 0.1) is 5.82 Å². The summed E-state index contributed by atoms with van der Waals surface area (Å²) >= 11 is 0. The van der Waals surface area contributed by atoms with Gasteiger partial charge >= 0.3 is 0 Å². The smallest absolute Gasteiger partial charge is 0.244 e. The van der Waals surface area contributed by atoms with E-state index in [0.29, 0.717) is 16.9 Å². The molecule has 2 aromatic carbocycles. The number of benzene rings is 2. The van der Waals surface area contributed by atoms with Crippen LogP contribution in [0.15, 0.2) is 48.5 Å². The Labute approximate surface area is 168 Å². The number of para-hydroxylation sites is 2. The van der Waals surface area contributed by atoms with Crippen molar-refractivity contribution in [1.82, 2.24) is 4.90 Å². The Morgan fingerprint density at radius 2 is 1.79 bits per heavy atom. The Balaban J connectivity index is 1.41. The number of hydrogen-bond acceptors (Lipinski definition) is 3. The van der Waals surface area contributed by atoms with Crippen LogP contribution in [0.1, 0.15) is 31.2 Å². The van der Waals surface area contributed by atoms with Gasteiger partial charge in [0.1, 0.15) is 12.4 Å². The first-order chi connectivity index (χ1) is 14.0. The van der Waals surface area contributed by atoms with E-state index in [-0.39, 0.29) is 55.5 Å². The van der Waals surface area contributed by atoms with Crippen molar-refractivity contribution >= 4 is 29.1 Å². The maximum absolute atomic E-state index is 14.0. The lowest BCUT2D eigenvalue weighted by Gasteiger charge is -2.29. The van der Waals surface area contributed by atoms with E-state index in [9.17, 15) is 18.8 Å². The van der Waals surface area contributed by atoms with Gasteiger partial charge in [0.25, 0.3) is 0 Å². The number of fused-ring (bicyclic) bond motifs is 1. The molecule has 150 valence electrons. The maximum Gasteiger partial charge on any atom is 0.244 e. The lowest BCUT2D eigenvalue weighted by molar-refractivity contribution is -0.134. The Kier molecular flexibility index (Phi) is 5.29. The first kappa shape index (κ1) is 19.1. The molecule has 1 aliphatic heterocycles. The van der Waals surface area contributed by atoms with Crippen molar-refractivity contribution < 1.29 is 18.8 Å². The van der Waals surface area contributed by atoms with Crippen molar-refractivity contribution in [2.24, 2.45) is 0 Å². The molecule has 2 aromatic rings. The van der Waals surface area contributed by atoms with Crippen LogP contribution in [-0.2, 0) is 20.9 Å². The largest absolute Gasteiger partial charge is 0.335 e. The van der Waals surface area contributed by atoms with E-state index in [1.807, 2.05) is 0 Å². The van der Waals surface area contributed by atoms with Crippen LogP contribution in [0.25, 0.3) is 0 Å². The Morgan fingerprint density at radius 1 is 1.07 bits per heavy atom. The highest BCUT2D eigenvalue weighted by Gasteiger charge is 2.33. The number of nitrogens with zero attached hydrogens (tertiary/aromatic N) is 2. The number of amides is 3. The van der Waals surface area contributed by atoms with Gasteiger partial charge in [-0.2, -0.15) is 0 Å². The van der Waals surface area contributed by atoms with E-state index >= 15 is 0 Å². The van der Waals surface area contributed by atoms with Gasteiger partial charge in [-0.25, -0.2) is 4.39 Å². The monoisotopic (exact) mass is 395 g/mol. The highest BCUT2D eigenvalue weighted by Crippen LogP contribution is 2.31. The summed E-state index contributed by atoms with van der Waals surface area (Å²) < 4.78 is 14.0. The summed E-state index contributed by atoms with van der Waals surface area (Å²) in [6, 6.07) is 13.6. The average molecular weight is 395 g/mol. The van der Waals surface area contributed by atoms with Crippen LogP contribution >= 0.6 is 0 Å². The Morgan fingerprint density at radius 3 is 2.55 bits per heavy atom. The number of carbonyl (C=O) groups is 3. The second-order valence-corrected chi connectivity index (χ2v) is 7.39. The van der Waals surface area contributed by atoms with Crippen molar-refractivity contribution in [3.63, 3.8) is 0 Å². The second kappa shape index (κ2) is 8.03. The van der Waals surface area contributed by atoms with Gasteiger partial charge in [-0.15, -0.1) is 0 Å². The number of anilines is 2. The molecule has 0 atom stereocenters. The normalized spacial score (nSPS) is 15.5. The van der Waals surface area contributed by atoms with Gasteiger partial charge in [-0.1, -0.05) is 30.3 Å². The van der Waals surface area contributed by atoms with Crippen molar-refractivity contribution in [3.05, 3.63) is 59.9 Å². The van der Waals surface area contributed by atoms with Crippen LogP contribution in [0.4, 0.5) is 15.8 Å². The number of nitrogens with one attached hydrogen (secondary N) is 1. The van der Waals surface area contributed by atoms with Gasteiger partial charge in [-0.05, 0) is 31.0 Å². The molecule has 6 nitrogen and oxygen atoms in total. The third kappa shape index (κ3) is 4.29. The predicted octanol–water partition coefficient (Wildman–Crippen LogP) is 3.08. The molecule has 0 spiro atoms. The van der Waals surface area contributed by atoms with E-state index in [0.717, 1.165) is 12.8 Å². The molecule has 7 heteroatoms. The van der Waals surface area contributed by atoms with Crippen LogP contribution < -0.4 is 10.2 Å². The highest BCUT2D eigenvalue weighted by molar-refractivity contribution is 6.10. The first-order valence-electron chi connectivity index (χ1n) is 9.75. The van der Waals surface area contributed by atoms with E-state index in [1.54, 1.807) is 47.4 Å². The molecule has 29 heavy (non-hydrogen) atoms. The zero-order chi connectivity index (χ0) is 20.4. The SMILES string of the molecule is O=C1CN(C(=O)CCC(=O)N(Cc2ccccc2F)C2CC2)c2ccccc2N1. The van der Waals surface area contributed by atoms with E-state index in [4.69, 9.17) is 0 Å². The van der Waals surface area contributed by atoms with E-state index in [2.05, 4.69) is 5.32 Å². The van der Waals surface area contributed by atoms with Crippen molar-refractivity contribution in [2.45, 2.75) is 38.3 Å². The highest BCUT2D eigenvalue weighted by atomic mass is 19.1. The first-order valence-corrected chi connectivity index (χ1v) is 9.75. The summed E-state index contributed by atoms with van der Waals surface area (Å²) in [4.78, 5) is 40.5. The van der Waals surface area contributed by atoms with Crippen LogP contribution in [0.2, 0.25) is 0 Å². The summed E-state index contributed by atoms with van der Waals surface area (Å²) in [6.07, 6.45) is 1.83. The molecule has 4 rings (SSSR count). The minimum Gasteiger partial charge on any atom is -0.335 e. The van der Waals surface area contributed by atoms with Crippen molar-refractivity contribution in [3.8, 4) is 0 Å². The van der Waals surface area contributed by atoms with E-state index in [1.165, 1.54) is 11.0 Å². The number of halogens is 1. The zero-order valence-corrected chi connectivity index (χ0v) is 15.9. The molecule has 1 heterocycles. The van der Waals surface area contributed by atoms with Crippen molar-refractivity contribution in [1.29, 1.82) is 0 Å². The fourth-order valence-electron chi connectivity index (χ4n) is 3.57. The minimum absolute atomic E-state index is 0.000932. The van der Waals surface area contributed by atoms with Gasteiger partial charge in [0.15, 0.2) is 0 Å². The molecule has 0 unspecified atom stereocenters. The summed E-state index contributed by atoms with van der Waals surface area (Å²) in [7, 11) is 0. The van der Waals surface area contributed by atoms with Crippen LogP contribution in [0.5, 0.6) is 0 Å². The summed E-state index contributed by atoms with van der Waals surface area (Å²) in [6.45, 7) is 0.144. The van der Waals surface area contributed by atoms with Crippen molar-refractivity contribution in [2.75, 3.05) is 16.8 Å². The fourth-order valence-corrected chi connectivity index (χ4v) is 3.57. The molecule has 2 aliphatic rings. The third-order valence-corrected chi connectivity index (χ3v) is 5.23. The minimum atomic E-state index is -0.335. The summed E-state index contributed by atoms with van der Waals surface area (Å²) in [5.74, 6) is -1.04. The molecular formula is C22H22FN3O3. The molecule has 0 aromatic heterocycles. The van der Waals surface area contributed by atoms with Crippen LogP contribution in [-0.4, -0.2) is 35.2 Å². The Hall–Kier alpha value is -3.22. The molecule has 3 amide bonds. The van der Waals surface area contributed by atoms with Gasteiger partial charge in [-0.3, -0.25) is 14.4 Å².